The van der Waals surface area contributed by atoms with Crippen molar-refractivity contribution < 1.29 is 17.9 Å². The van der Waals surface area contributed by atoms with Crippen molar-refractivity contribution in [3.8, 4) is 0 Å². The van der Waals surface area contributed by atoms with Gasteiger partial charge in [-0.15, -0.1) is 0 Å². The lowest BCUT2D eigenvalue weighted by molar-refractivity contribution is -0.175. The summed E-state index contributed by atoms with van der Waals surface area (Å²) in [5.41, 5.74) is 0.894. The highest BCUT2D eigenvalue weighted by Crippen LogP contribution is 2.18. The van der Waals surface area contributed by atoms with Crippen molar-refractivity contribution in [2.75, 3.05) is 19.8 Å². The lowest BCUT2D eigenvalue weighted by atomic mass is 10.1. The van der Waals surface area contributed by atoms with E-state index in [1.165, 1.54) is 0 Å². The third-order valence-electron chi connectivity index (χ3n) is 2.50. The number of benzene rings is 1. The molecular formula is C13H17ClF3NO. The molecule has 0 aliphatic carbocycles. The molecule has 1 unspecified atom stereocenters. The summed E-state index contributed by atoms with van der Waals surface area (Å²) in [7, 11) is 0. The van der Waals surface area contributed by atoms with Crippen LogP contribution in [0.5, 0.6) is 0 Å². The van der Waals surface area contributed by atoms with Gasteiger partial charge in [-0.2, -0.15) is 13.2 Å². The number of ether oxygens (including phenoxy) is 1. The Bertz CT molecular complexity index is 384. The second-order valence-electron chi connectivity index (χ2n) is 4.18. The second-order valence-corrected chi connectivity index (χ2v) is 4.59. The first-order valence-electron chi connectivity index (χ1n) is 6.03. The number of halogens is 4. The van der Waals surface area contributed by atoms with Crippen LogP contribution in [0.15, 0.2) is 24.3 Å². The van der Waals surface area contributed by atoms with Crippen LogP contribution in [0, 0.1) is 0 Å². The molecule has 0 aliphatic rings. The van der Waals surface area contributed by atoms with E-state index in [0.717, 1.165) is 5.56 Å². The van der Waals surface area contributed by atoms with Crippen LogP contribution < -0.4 is 5.32 Å². The SMILES string of the molecule is CCNC(COCC(F)(F)F)Cc1ccccc1Cl. The van der Waals surface area contributed by atoms with Gasteiger partial charge in [-0.3, -0.25) is 0 Å². The molecule has 0 fully saturated rings. The van der Waals surface area contributed by atoms with Crippen LogP contribution in [0.1, 0.15) is 12.5 Å². The predicted molar refractivity (Wildman–Crippen MR) is 69.5 cm³/mol. The van der Waals surface area contributed by atoms with Crippen LogP contribution >= 0.6 is 11.6 Å². The van der Waals surface area contributed by atoms with Gasteiger partial charge in [0.1, 0.15) is 6.61 Å². The van der Waals surface area contributed by atoms with E-state index >= 15 is 0 Å². The van der Waals surface area contributed by atoms with E-state index in [0.29, 0.717) is 18.0 Å². The Morgan fingerprint density at radius 2 is 2.00 bits per heavy atom. The molecule has 2 nitrogen and oxygen atoms in total. The summed E-state index contributed by atoms with van der Waals surface area (Å²) in [6.45, 7) is 1.32. The third-order valence-corrected chi connectivity index (χ3v) is 2.87. The van der Waals surface area contributed by atoms with E-state index in [-0.39, 0.29) is 12.6 Å². The Morgan fingerprint density at radius 1 is 1.32 bits per heavy atom. The van der Waals surface area contributed by atoms with E-state index in [1.807, 2.05) is 25.1 Å². The van der Waals surface area contributed by atoms with Crippen molar-refractivity contribution in [3.63, 3.8) is 0 Å². The molecule has 1 N–H and O–H groups in total. The molecule has 0 bridgehead atoms. The van der Waals surface area contributed by atoms with Gasteiger partial charge in [0.25, 0.3) is 0 Å². The van der Waals surface area contributed by atoms with E-state index in [4.69, 9.17) is 16.3 Å². The monoisotopic (exact) mass is 295 g/mol. The molecule has 0 saturated heterocycles. The molecule has 0 aromatic heterocycles. The molecule has 0 aliphatic heterocycles. The maximum atomic E-state index is 12.0. The van der Waals surface area contributed by atoms with Crippen LogP contribution in [0.3, 0.4) is 0 Å². The zero-order chi connectivity index (χ0) is 14.3. The topological polar surface area (TPSA) is 21.3 Å². The molecule has 6 heteroatoms. The number of hydrogen-bond donors (Lipinski definition) is 1. The minimum Gasteiger partial charge on any atom is -0.370 e. The molecule has 0 radical (unpaired) electrons. The largest absolute Gasteiger partial charge is 0.411 e. The highest BCUT2D eigenvalue weighted by molar-refractivity contribution is 6.31. The minimum absolute atomic E-state index is 0.00142. The average molecular weight is 296 g/mol. The average Bonchev–Trinajstić information content (AvgIpc) is 2.30. The molecule has 1 aromatic rings. The molecule has 108 valence electrons. The fraction of sp³-hybridized carbons (Fsp3) is 0.538. The van der Waals surface area contributed by atoms with Crippen molar-refractivity contribution in [1.82, 2.24) is 5.32 Å². The van der Waals surface area contributed by atoms with Gasteiger partial charge in [0, 0.05) is 11.1 Å². The first-order chi connectivity index (χ1) is 8.92. The van der Waals surface area contributed by atoms with Gasteiger partial charge in [-0.05, 0) is 24.6 Å². The van der Waals surface area contributed by atoms with Gasteiger partial charge in [-0.25, -0.2) is 0 Å². The molecule has 0 heterocycles. The maximum absolute atomic E-state index is 12.0. The fourth-order valence-electron chi connectivity index (χ4n) is 1.73. The highest BCUT2D eigenvalue weighted by Gasteiger charge is 2.27. The lowest BCUT2D eigenvalue weighted by Crippen LogP contribution is -2.36. The predicted octanol–water partition coefficient (Wildman–Crippen LogP) is 3.44. The molecule has 0 saturated carbocycles. The van der Waals surface area contributed by atoms with Crippen LogP contribution in [-0.4, -0.2) is 32.0 Å². The van der Waals surface area contributed by atoms with Crippen molar-refractivity contribution in [2.24, 2.45) is 0 Å². The van der Waals surface area contributed by atoms with E-state index in [2.05, 4.69) is 5.32 Å². The summed E-state index contributed by atoms with van der Waals surface area (Å²) < 4.78 is 40.7. The standard InChI is InChI=1S/C13H17ClF3NO/c1-2-18-11(8-19-9-13(15,16)17)7-10-5-3-4-6-12(10)14/h3-6,11,18H,2,7-9H2,1H3. The Morgan fingerprint density at radius 3 is 2.58 bits per heavy atom. The van der Waals surface area contributed by atoms with E-state index < -0.39 is 12.8 Å². The van der Waals surface area contributed by atoms with Gasteiger partial charge >= 0.3 is 6.18 Å². The molecule has 1 atom stereocenters. The molecular weight excluding hydrogens is 279 g/mol. The quantitative estimate of drug-likeness (QED) is 0.832. The summed E-state index contributed by atoms with van der Waals surface area (Å²) in [6.07, 6.45) is -3.76. The van der Waals surface area contributed by atoms with Gasteiger partial charge in [0.05, 0.1) is 6.61 Å². The van der Waals surface area contributed by atoms with Crippen molar-refractivity contribution in [1.29, 1.82) is 0 Å². The molecule has 1 rings (SSSR count). The van der Waals surface area contributed by atoms with E-state index in [1.54, 1.807) is 6.07 Å². The molecule has 0 amide bonds. The molecule has 0 spiro atoms. The zero-order valence-electron chi connectivity index (χ0n) is 10.6. The first kappa shape index (κ1) is 16.3. The number of likely N-dealkylation sites (N-methyl/N-ethyl adjacent to an activating group) is 1. The van der Waals surface area contributed by atoms with Gasteiger partial charge in [-0.1, -0.05) is 36.7 Å². The van der Waals surface area contributed by atoms with Crippen LogP contribution in [0.4, 0.5) is 13.2 Å². The van der Waals surface area contributed by atoms with E-state index in [9.17, 15) is 13.2 Å². The van der Waals surface area contributed by atoms with Gasteiger partial charge in [0.15, 0.2) is 0 Å². The number of hydrogen-bond acceptors (Lipinski definition) is 2. The molecule has 1 aromatic carbocycles. The maximum Gasteiger partial charge on any atom is 0.411 e. The second kappa shape index (κ2) is 7.72. The summed E-state index contributed by atoms with van der Waals surface area (Å²) in [4.78, 5) is 0. The zero-order valence-corrected chi connectivity index (χ0v) is 11.4. The highest BCUT2D eigenvalue weighted by atomic mass is 35.5. The Hall–Kier alpha value is -0.780. The van der Waals surface area contributed by atoms with Crippen LogP contribution in [0.25, 0.3) is 0 Å². The Balaban J connectivity index is 2.51. The minimum atomic E-state index is -4.29. The number of nitrogens with one attached hydrogen (secondary N) is 1. The van der Waals surface area contributed by atoms with Crippen molar-refractivity contribution in [2.45, 2.75) is 25.6 Å². The Kier molecular flexibility index (Phi) is 6.62. The summed E-state index contributed by atoms with van der Waals surface area (Å²) in [6, 6.07) is 7.09. The smallest absolute Gasteiger partial charge is 0.370 e. The third kappa shape index (κ3) is 6.80. The summed E-state index contributed by atoms with van der Waals surface area (Å²) in [5, 5.41) is 3.71. The van der Waals surface area contributed by atoms with Gasteiger partial charge < -0.3 is 10.1 Å². The van der Waals surface area contributed by atoms with Gasteiger partial charge in [0.2, 0.25) is 0 Å². The van der Waals surface area contributed by atoms with Crippen molar-refractivity contribution in [3.05, 3.63) is 34.9 Å². The van der Waals surface area contributed by atoms with Crippen LogP contribution in [0.2, 0.25) is 5.02 Å². The first-order valence-corrected chi connectivity index (χ1v) is 6.41. The number of alkyl halides is 3. The molecule has 19 heavy (non-hydrogen) atoms. The van der Waals surface area contributed by atoms with Crippen LogP contribution in [-0.2, 0) is 11.2 Å². The Labute approximate surface area is 115 Å². The lowest BCUT2D eigenvalue weighted by Gasteiger charge is -2.19. The normalized spacial score (nSPS) is 13.5. The fourth-order valence-corrected chi connectivity index (χ4v) is 1.94. The number of rotatable bonds is 7. The summed E-state index contributed by atoms with van der Waals surface area (Å²) in [5.74, 6) is 0. The summed E-state index contributed by atoms with van der Waals surface area (Å²) >= 11 is 6.03. The van der Waals surface area contributed by atoms with Crippen molar-refractivity contribution >= 4 is 11.6 Å².